The van der Waals surface area contributed by atoms with Gasteiger partial charge in [0.2, 0.25) is 0 Å². The van der Waals surface area contributed by atoms with Gasteiger partial charge in [-0.05, 0) is 19.1 Å². The molecular formula is C17H19N3O5. The predicted octanol–water partition coefficient (Wildman–Crippen LogP) is 1.04. The average Bonchev–Trinajstić information content (AvgIpc) is 3.05. The van der Waals surface area contributed by atoms with Crippen molar-refractivity contribution in [2.45, 2.75) is 19.6 Å². The second-order valence-corrected chi connectivity index (χ2v) is 5.61. The molecule has 0 spiro atoms. The van der Waals surface area contributed by atoms with Crippen molar-refractivity contribution in [1.82, 2.24) is 10.5 Å². The number of aromatic nitrogens is 1. The fourth-order valence-electron chi connectivity index (χ4n) is 2.57. The van der Waals surface area contributed by atoms with Gasteiger partial charge in [0.1, 0.15) is 23.8 Å². The van der Waals surface area contributed by atoms with Gasteiger partial charge < -0.3 is 24.2 Å². The number of amides is 2. The van der Waals surface area contributed by atoms with E-state index in [1.807, 2.05) is 6.07 Å². The third kappa shape index (κ3) is 3.80. The number of benzene rings is 1. The smallest absolute Gasteiger partial charge is 0.262 e. The second-order valence-electron chi connectivity index (χ2n) is 5.61. The second kappa shape index (κ2) is 7.35. The molecule has 1 unspecified atom stereocenters. The molecule has 3 rings (SSSR count). The number of likely N-dealkylation sites (N-methyl/N-ethyl adjacent to an activating group) is 1. The van der Waals surface area contributed by atoms with Crippen molar-refractivity contribution in [3.8, 4) is 5.75 Å². The van der Waals surface area contributed by atoms with E-state index in [4.69, 9.17) is 14.0 Å². The lowest BCUT2D eigenvalue weighted by Crippen LogP contribution is -2.50. The molecule has 0 saturated carbocycles. The van der Waals surface area contributed by atoms with Crippen LogP contribution in [0.15, 0.2) is 34.9 Å². The highest BCUT2D eigenvalue weighted by Gasteiger charge is 2.33. The zero-order valence-electron chi connectivity index (χ0n) is 14.0. The SMILES string of the molecule is CNC(=O)C1CN(C(=O)COCc2cc(C)on2)c2ccccc2O1. The predicted molar refractivity (Wildman–Crippen MR) is 88.2 cm³/mol. The number of anilines is 1. The van der Waals surface area contributed by atoms with E-state index in [2.05, 4.69) is 10.5 Å². The van der Waals surface area contributed by atoms with Crippen molar-refractivity contribution >= 4 is 17.5 Å². The molecule has 0 aliphatic carbocycles. The van der Waals surface area contributed by atoms with E-state index in [-0.39, 0.29) is 31.6 Å². The number of carbonyl (C=O) groups is 2. The highest BCUT2D eigenvalue weighted by molar-refractivity contribution is 5.98. The molecule has 1 atom stereocenters. The fourth-order valence-corrected chi connectivity index (χ4v) is 2.57. The number of hydrogen-bond acceptors (Lipinski definition) is 6. The van der Waals surface area contributed by atoms with Crippen LogP contribution in [0.1, 0.15) is 11.5 Å². The Balaban J connectivity index is 1.68. The molecule has 0 fully saturated rings. The van der Waals surface area contributed by atoms with Gasteiger partial charge in [0.05, 0.1) is 18.8 Å². The number of fused-ring (bicyclic) bond motifs is 1. The van der Waals surface area contributed by atoms with Crippen LogP contribution in [0.25, 0.3) is 0 Å². The summed E-state index contributed by atoms with van der Waals surface area (Å²) < 4.78 is 16.1. The van der Waals surface area contributed by atoms with Gasteiger partial charge in [-0.1, -0.05) is 17.3 Å². The summed E-state index contributed by atoms with van der Waals surface area (Å²) in [4.78, 5) is 26.0. The Morgan fingerprint density at radius 2 is 2.20 bits per heavy atom. The molecule has 1 aliphatic rings. The van der Waals surface area contributed by atoms with Crippen LogP contribution in [0.2, 0.25) is 0 Å². The minimum Gasteiger partial charge on any atom is -0.477 e. The lowest BCUT2D eigenvalue weighted by atomic mass is 10.1. The Bertz CT molecular complexity index is 773. The maximum Gasteiger partial charge on any atom is 0.262 e. The van der Waals surface area contributed by atoms with Crippen LogP contribution in [0.3, 0.4) is 0 Å². The Labute approximate surface area is 144 Å². The summed E-state index contributed by atoms with van der Waals surface area (Å²) in [5, 5.41) is 6.35. The van der Waals surface area contributed by atoms with Gasteiger partial charge in [0.15, 0.2) is 6.10 Å². The Hall–Kier alpha value is -2.87. The van der Waals surface area contributed by atoms with Gasteiger partial charge >= 0.3 is 0 Å². The maximum atomic E-state index is 12.6. The van der Waals surface area contributed by atoms with Gasteiger partial charge in [0, 0.05) is 13.1 Å². The summed E-state index contributed by atoms with van der Waals surface area (Å²) in [7, 11) is 1.53. The van der Waals surface area contributed by atoms with E-state index in [0.29, 0.717) is 22.9 Å². The summed E-state index contributed by atoms with van der Waals surface area (Å²) in [5.74, 6) is 0.624. The lowest BCUT2D eigenvalue weighted by molar-refractivity contribution is -0.128. The minimum absolute atomic E-state index is 0.127. The van der Waals surface area contributed by atoms with Crippen LogP contribution in [0, 0.1) is 6.92 Å². The van der Waals surface area contributed by atoms with Gasteiger partial charge in [-0.2, -0.15) is 0 Å². The number of ether oxygens (including phenoxy) is 2. The molecule has 2 aromatic rings. The van der Waals surface area contributed by atoms with Gasteiger partial charge in [-0.15, -0.1) is 0 Å². The highest BCUT2D eigenvalue weighted by Crippen LogP contribution is 2.33. The molecule has 8 nitrogen and oxygen atoms in total. The maximum absolute atomic E-state index is 12.6. The van der Waals surface area contributed by atoms with E-state index in [0.717, 1.165) is 0 Å². The first-order chi connectivity index (χ1) is 12.1. The number of aryl methyl sites for hydroxylation is 1. The first-order valence-electron chi connectivity index (χ1n) is 7.86. The zero-order valence-corrected chi connectivity index (χ0v) is 14.0. The normalized spacial score (nSPS) is 16.1. The first-order valence-corrected chi connectivity index (χ1v) is 7.86. The van der Waals surface area contributed by atoms with E-state index in [1.165, 1.54) is 11.9 Å². The quantitative estimate of drug-likeness (QED) is 0.870. The molecule has 2 amide bonds. The highest BCUT2D eigenvalue weighted by atomic mass is 16.5. The summed E-state index contributed by atoms with van der Waals surface area (Å²) in [6.07, 6.45) is -0.762. The molecule has 1 aromatic carbocycles. The molecule has 2 heterocycles. The average molecular weight is 345 g/mol. The van der Waals surface area contributed by atoms with Crippen LogP contribution in [-0.4, -0.2) is 43.3 Å². The molecule has 1 aliphatic heterocycles. The zero-order chi connectivity index (χ0) is 17.8. The van der Waals surface area contributed by atoms with Crippen LogP contribution in [0.4, 0.5) is 5.69 Å². The lowest BCUT2D eigenvalue weighted by Gasteiger charge is -2.33. The van der Waals surface area contributed by atoms with Crippen molar-refractivity contribution in [1.29, 1.82) is 0 Å². The number of carbonyl (C=O) groups excluding carboxylic acids is 2. The molecule has 1 aromatic heterocycles. The molecule has 25 heavy (non-hydrogen) atoms. The van der Waals surface area contributed by atoms with Crippen LogP contribution < -0.4 is 15.0 Å². The van der Waals surface area contributed by atoms with E-state index in [1.54, 1.807) is 31.2 Å². The molecule has 1 N–H and O–H groups in total. The van der Waals surface area contributed by atoms with Crippen molar-refractivity contribution in [2.24, 2.45) is 0 Å². The van der Waals surface area contributed by atoms with Crippen molar-refractivity contribution in [3.63, 3.8) is 0 Å². The number of nitrogens with one attached hydrogen (secondary N) is 1. The summed E-state index contributed by atoms with van der Waals surface area (Å²) in [6.45, 7) is 1.95. The third-order valence-electron chi connectivity index (χ3n) is 3.77. The summed E-state index contributed by atoms with van der Waals surface area (Å²) in [6, 6.07) is 8.84. The molecular weight excluding hydrogens is 326 g/mol. The summed E-state index contributed by atoms with van der Waals surface area (Å²) >= 11 is 0. The molecule has 0 saturated heterocycles. The number of para-hydroxylation sites is 2. The van der Waals surface area contributed by atoms with Gasteiger partial charge in [-0.25, -0.2) is 0 Å². The monoisotopic (exact) mass is 345 g/mol. The van der Waals surface area contributed by atoms with Crippen molar-refractivity contribution < 1.29 is 23.6 Å². The summed E-state index contributed by atoms with van der Waals surface area (Å²) in [5.41, 5.74) is 1.24. The van der Waals surface area contributed by atoms with Crippen LogP contribution in [-0.2, 0) is 20.9 Å². The molecule has 132 valence electrons. The van der Waals surface area contributed by atoms with E-state index in [9.17, 15) is 9.59 Å². The standard InChI is InChI=1S/C17H19N3O5/c1-11-7-12(19-25-11)9-23-10-16(21)20-8-15(17(22)18-2)24-14-6-4-3-5-13(14)20/h3-7,15H,8-10H2,1-2H3,(H,18,22). The van der Waals surface area contributed by atoms with Crippen molar-refractivity contribution in [2.75, 3.05) is 25.1 Å². The van der Waals surface area contributed by atoms with E-state index >= 15 is 0 Å². The largest absolute Gasteiger partial charge is 0.477 e. The number of nitrogens with zero attached hydrogens (tertiary/aromatic N) is 2. The molecule has 0 radical (unpaired) electrons. The Morgan fingerprint density at radius 3 is 2.92 bits per heavy atom. The number of hydrogen-bond donors (Lipinski definition) is 1. The number of rotatable bonds is 5. The van der Waals surface area contributed by atoms with Gasteiger partial charge in [-0.3, -0.25) is 9.59 Å². The molecule has 8 heteroatoms. The minimum atomic E-state index is -0.762. The Kier molecular flexibility index (Phi) is 4.99. The van der Waals surface area contributed by atoms with Crippen LogP contribution >= 0.6 is 0 Å². The first kappa shape index (κ1) is 17.0. The topological polar surface area (TPSA) is 93.9 Å². The van der Waals surface area contributed by atoms with Gasteiger partial charge in [0.25, 0.3) is 11.8 Å². The van der Waals surface area contributed by atoms with Crippen LogP contribution in [0.5, 0.6) is 5.75 Å². The fraction of sp³-hybridized carbons (Fsp3) is 0.353. The molecule has 0 bridgehead atoms. The Morgan fingerprint density at radius 1 is 1.40 bits per heavy atom. The van der Waals surface area contributed by atoms with Crippen molar-refractivity contribution in [3.05, 3.63) is 41.8 Å². The third-order valence-corrected chi connectivity index (χ3v) is 3.77. The van der Waals surface area contributed by atoms with E-state index < -0.39 is 6.10 Å².